The quantitative estimate of drug-likeness (QED) is 0.817. The number of nitrogens with one attached hydrogen (secondary N) is 1. The van der Waals surface area contributed by atoms with Crippen LogP contribution < -0.4 is 16.0 Å². The summed E-state index contributed by atoms with van der Waals surface area (Å²) in [5, 5.41) is 3.22. The van der Waals surface area contributed by atoms with Crippen molar-refractivity contribution in [3.63, 3.8) is 0 Å². The highest BCUT2D eigenvalue weighted by Crippen LogP contribution is 2.30. The van der Waals surface area contributed by atoms with Crippen LogP contribution in [0.25, 0.3) is 0 Å². The van der Waals surface area contributed by atoms with Gasteiger partial charge >= 0.3 is 6.09 Å². The van der Waals surface area contributed by atoms with Crippen molar-refractivity contribution in [2.24, 2.45) is 0 Å². The molecule has 2 rings (SSSR count). The van der Waals surface area contributed by atoms with E-state index >= 15 is 0 Å². The smallest absolute Gasteiger partial charge is 0.407 e. The number of nitrogens with two attached hydrogens (primary N) is 1. The first kappa shape index (κ1) is 16.7. The molecule has 1 amide bonds. The molecule has 1 atom stereocenters. The number of hydrogen-bond acceptors (Lipinski definition) is 5. The van der Waals surface area contributed by atoms with E-state index < -0.39 is 5.60 Å². The molecule has 0 radical (unpaired) electrons. The average Bonchev–Trinajstić information content (AvgIpc) is 2.40. The molecule has 7 heteroatoms. The maximum absolute atomic E-state index is 11.9. The molecule has 122 valence electrons. The topological polar surface area (TPSA) is 80.5 Å². The summed E-state index contributed by atoms with van der Waals surface area (Å²) in [5.74, 6) is 0. The number of hydrogen-bond donors (Lipinski definition) is 2. The number of amides is 1. The summed E-state index contributed by atoms with van der Waals surface area (Å²) in [6, 6.07) is 1.87. The van der Waals surface area contributed by atoms with Gasteiger partial charge in [-0.05, 0) is 39.7 Å². The van der Waals surface area contributed by atoms with E-state index in [1.54, 1.807) is 6.20 Å². The number of nitrogens with zero attached hydrogens (tertiary/aromatic N) is 2. The second-order valence-corrected chi connectivity index (χ2v) is 6.82. The monoisotopic (exact) mass is 326 g/mol. The van der Waals surface area contributed by atoms with Crippen molar-refractivity contribution < 1.29 is 9.53 Å². The standard InChI is InChI=1S/C15H23ClN4O2/c1-15(2,3)22-14(21)19-10-5-4-8-20(9-10)11-6-7-18-13(16)12(11)17/h6-7,10H,4-5,8-9,17H2,1-3H3,(H,19,21). The molecule has 3 N–H and O–H groups in total. The van der Waals surface area contributed by atoms with Gasteiger partial charge in [-0.2, -0.15) is 0 Å². The number of carbonyl (C=O) groups is 1. The van der Waals surface area contributed by atoms with Crippen LogP contribution in [0, 0.1) is 0 Å². The third-order valence-corrected chi connectivity index (χ3v) is 3.70. The van der Waals surface area contributed by atoms with Crippen molar-refractivity contribution in [2.45, 2.75) is 45.3 Å². The summed E-state index contributed by atoms with van der Waals surface area (Å²) in [7, 11) is 0. The summed E-state index contributed by atoms with van der Waals surface area (Å²) in [6.45, 7) is 7.08. The second kappa shape index (κ2) is 6.60. The lowest BCUT2D eigenvalue weighted by molar-refractivity contribution is 0.0500. The zero-order valence-electron chi connectivity index (χ0n) is 13.2. The molecule has 22 heavy (non-hydrogen) atoms. The summed E-state index contributed by atoms with van der Waals surface area (Å²) in [6.07, 6.45) is 3.12. The number of carbonyl (C=O) groups excluding carboxylic acids is 1. The highest BCUT2D eigenvalue weighted by atomic mass is 35.5. The van der Waals surface area contributed by atoms with Gasteiger partial charge in [0.1, 0.15) is 5.60 Å². The first-order valence-corrected chi connectivity index (χ1v) is 7.78. The van der Waals surface area contributed by atoms with Crippen LogP contribution in [0.2, 0.25) is 5.15 Å². The van der Waals surface area contributed by atoms with Gasteiger partial charge in [-0.25, -0.2) is 9.78 Å². The minimum atomic E-state index is -0.499. The van der Waals surface area contributed by atoms with Crippen LogP contribution in [0.3, 0.4) is 0 Å². The molecule has 0 spiro atoms. The molecule has 1 fully saturated rings. The lowest BCUT2D eigenvalue weighted by Crippen LogP contribution is -2.49. The van der Waals surface area contributed by atoms with Crippen molar-refractivity contribution >= 4 is 29.1 Å². The van der Waals surface area contributed by atoms with Crippen LogP contribution in [-0.2, 0) is 4.74 Å². The minimum absolute atomic E-state index is 0.0231. The second-order valence-electron chi connectivity index (χ2n) is 6.47. The molecule has 1 unspecified atom stereocenters. The summed E-state index contributed by atoms with van der Waals surface area (Å²) < 4.78 is 5.30. The van der Waals surface area contributed by atoms with E-state index in [1.807, 2.05) is 26.8 Å². The molecule has 0 bridgehead atoms. The van der Waals surface area contributed by atoms with Crippen LogP contribution in [0.5, 0.6) is 0 Å². The zero-order valence-corrected chi connectivity index (χ0v) is 14.0. The van der Waals surface area contributed by atoms with Crippen LogP contribution in [0.15, 0.2) is 12.3 Å². The predicted octanol–water partition coefficient (Wildman–Crippen LogP) is 2.81. The number of halogens is 1. The van der Waals surface area contributed by atoms with Gasteiger partial charge in [-0.1, -0.05) is 11.6 Å². The number of aromatic nitrogens is 1. The number of alkyl carbamates (subject to hydrolysis) is 1. The molecule has 0 aliphatic carbocycles. The Labute approximate surface area is 136 Å². The largest absolute Gasteiger partial charge is 0.444 e. The zero-order chi connectivity index (χ0) is 16.3. The van der Waals surface area contributed by atoms with Crippen molar-refractivity contribution in [2.75, 3.05) is 23.7 Å². The summed E-state index contributed by atoms with van der Waals surface area (Å²) in [5.41, 5.74) is 6.83. The number of ether oxygens (including phenoxy) is 1. The van der Waals surface area contributed by atoms with Gasteiger partial charge in [0.2, 0.25) is 0 Å². The molecule has 1 aliphatic heterocycles. The average molecular weight is 327 g/mol. The van der Waals surface area contributed by atoms with Gasteiger partial charge in [-0.15, -0.1) is 0 Å². The highest BCUT2D eigenvalue weighted by Gasteiger charge is 2.25. The number of anilines is 2. The maximum atomic E-state index is 11.9. The molecule has 0 aromatic carbocycles. The normalized spacial score (nSPS) is 18.9. The Morgan fingerprint density at radius 3 is 2.95 bits per heavy atom. The lowest BCUT2D eigenvalue weighted by atomic mass is 10.1. The molecule has 1 aromatic rings. The number of pyridine rings is 1. The SMILES string of the molecule is CC(C)(C)OC(=O)NC1CCCN(c2ccnc(Cl)c2N)C1. The number of rotatable bonds is 2. The van der Waals surface area contributed by atoms with Crippen molar-refractivity contribution in [3.05, 3.63) is 17.4 Å². The molecule has 6 nitrogen and oxygen atoms in total. The van der Waals surface area contributed by atoms with Crippen LogP contribution in [0.1, 0.15) is 33.6 Å². The molecule has 2 heterocycles. The molecular formula is C15H23ClN4O2. The van der Waals surface area contributed by atoms with Gasteiger partial charge in [0.15, 0.2) is 5.15 Å². The predicted molar refractivity (Wildman–Crippen MR) is 88.3 cm³/mol. The van der Waals surface area contributed by atoms with Crippen LogP contribution in [-0.4, -0.2) is 35.8 Å². The Hall–Kier alpha value is -1.69. The van der Waals surface area contributed by atoms with E-state index in [-0.39, 0.29) is 12.1 Å². The van der Waals surface area contributed by atoms with Gasteiger partial charge in [0.05, 0.1) is 11.4 Å². The lowest BCUT2D eigenvalue weighted by Gasteiger charge is -2.35. The number of nitrogen functional groups attached to an aromatic ring is 1. The Kier molecular flexibility index (Phi) is 5.01. The third-order valence-electron chi connectivity index (χ3n) is 3.40. The Morgan fingerprint density at radius 2 is 2.27 bits per heavy atom. The van der Waals surface area contributed by atoms with E-state index in [0.29, 0.717) is 17.4 Å². The molecule has 1 aliphatic rings. The van der Waals surface area contributed by atoms with Gasteiger partial charge in [-0.3, -0.25) is 0 Å². The fraction of sp³-hybridized carbons (Fsp3) is 0.600. The van der Waals surface area contributed by atoms with Gasteiger partial charge < -0.3 is 20.7 Å². The molecule has 0 saturated carbocycles. The van der Waals surface area contributed by atoms with Crippen molar-refractivity contribution in [3.8, 4) is 0 Å². The van der Waals surface area contributed by atoms with Crippen molar-refractivity contribution in [1.29, 1.82) is 0 Å². The molecular weight excluding hydrogens is 304 g/mol. The Morgan fingerprint density at radius 1 is 1.55 bits per heavy atom. The fourth-order valence-corrected chi connectivity index (χ4v) is 2.66. The summed E-state index contributed by atoms with van der Waals surface area (Å²) >= 11 is 5.97. The van der Waals surface area contributed by atoms with Gasteiger partial charge in [0.25, 0.3) is 0 Å². The maximum Gasteiger partial charge on any atom is 0.407 e. The van der Waals surface area contributed by atoms with E-state index in [4.69, 9.17) is 22.1 Å². The minimum Gasteiger partial charge on any atom is -0.444 e. The van der Waals surface area contributed by atoms with E-state index in [9.17, 15) is 4.79 Å². The number of piperidine rings is 1. The molecule has 1 saturated heterocycles. The van der Waals surface area contributed by atoms with E-state index in [1.165, 1.54) is 0 Å². The third kappa shape index (κ3) is 4.40. The summed E-state index contributed by atoms with van der Waals surface area (Å²) in [4.78, 5) is 18.0. The van der Waals surface area contributed by atoms with E-state index in [0.717, 1.165) is 25.1 Å². The first-order valence-electron chi connectivity index (χ1n) is 7.41. The Bertz CT molecular complexity index is 545. The molecule has 1 aromatic heterocycles. The van der Waals surface area contributed by atoms with Gasteiger partial charge in [0, 0.05) is 25.3 Å². The highest BCUT2D eigenvalue weighted by molar-refractivity contribution is 6.32. The van der Waals surface area contributed by atoms with E-state index in [2.05, 4.69) is 15.2 Å². The fourth-order valence-electron chi connectivity index (χ4n) is 2.50. The van der Waals surface area contributed by atoms with Crippen LogP contribution >= 0.6 is 11.6 Å². The van der Waals surface area contributed by atoms with Crippen LogP contribution in [0.4, 0.5) is 16.2 Å². The first-order chi connectivity index (χ1) is 10.3. The Balaban J connectivity index is 2.00. The van der Waals surface area contributed by atoms with Crippen molar-refractivity contribution in [1.82, 2.24) is 10.3 Å².